The van der Waals surface area contributed by atoms with Crippen molar-refractivity contribution in [1.82, 2.24) is 0 Å². The average molecular weight is 755 g/mol. The van der Waals surface area contributed by atoms with Crippen molar-refractivity contribution in [2.24, 2.45) is 0 Å². The minimum absolute atomic E-state index is 0.104. The van der Waals surface area contributed by atoms with Gasteiger partial charge in [0, 0.05) is 12.8 Å². The molecule has 0 aromatic carbocycles. The van der Waals surface area contributed by atoms with E-state index in [0.29, 0.717) is 12.8 Å². The number of aliphatic hydroxyl groups excluding tert-OH is 5. The third kappa shape index (κ3) is 22.6. The summed E-state index contributed by atoms with van der Waals surface area (Å²) >= 11 is 0. The summed E-state index contributed by atoms with van der Waals surface area (Å²) in [6, 6.07) is 0. The number of aliphatic hydroxyl groups is 5. The van der Waals surface area contributed by atoms with Crippen LogP contribution in [0, 0.1) is 0 Å². The summed E-state index contributed by atoms with van der Waals surface area (Å²) in [4.78, 5) is 35.4. The fourth-order valence-electron chi connectivity index (χ4n) is 6.17. The molecule has 0 heterocycles. The van der Waals surface area contributed by atoms with Gasteiger partial charge < -0.3 is 39.9 Å². The molecule has 1 fully saturated rings. The first kappa shape index (κ1) is 47.9. The second kappa shape index (κ2) is 29.2. The highest BCUT2D eigenvalue weighted by Crippen LogP contribution is 2.47. The predicted octanol–water partition coefficient (Wildman–Crippen LogP) is 6.16. The Balaban J connectivity index is 2.53. The zero-order valence-corrected chi connectivity index (χ0v) is 32.3. The summed E-state index contributed by atoms with van der Waals surface area (Å²) in [5.74, 6) is -1.09. The fraction of sp³-hybridized carbons (Fsp3) is 0.946. The van der Waals surface area contributed by atoms with Gasteiger partial charge in [-0.3, -0.25) is 18.6 Å². The number of hydrogen-bond acceptors (Lipinski definition) is 12. The first-order chi connectivity index (χ1) is 24.4. The fourth-order valence-corrected chi connectivity index (χ4v) is 7.14. The van der Waals surface area contributed by atoms with E-state index in [2.05, 4.69) is 13.8 Å². The lowest BCUT2D eigenvalue weighted by Gasteiger charge is -2.41. The van der Waals surface area contributed by atoms with Crippen molar-refractivity contribution in [2.75, 3.05) is 13.2 Å². The first-order valence-electron chi connectivity index (χ1n) is 19.8. The predicted molar refractivity (Wildman–Crippen MR) is 194 cm³/mol. The van der Waals surface area contributed by atoms with Crippen molar-refractivity contribution < 1.29 is 63.1 Å². The van der Waals surface area contributed by atoms with Crippen LogP contribution in [0.25, 0.3) is 0 Å². The van der Waals surface area contributed by atoms with Gasteiger partial charge in [-0.2, -0.15) is 0 Å². The van der Waals surface area contributed by atoms with E-state index in [0.717, 1.165) is 38.5 Å². The molecule has 0 radical (unpaired) electrons. The smallest absolute Gasteiger partial charge is 0.462 e. The highest BCUT2D eigenvalue weighted by atomic mass is 31.2. The summed E-state index contributed by atoms with van der Waals surface area (Å²) < 4.78 is 33.3. The second-order valence-corrected chi connectivity index (χ2v) is 15.6. The standard InChI is InChI=1S/C37H71O13P/c1-3-5-7-9-11-13-14-15-16-18-20-22-24-26-31(39)49-29(27-47-30(38)25-23-21-19-17-12-10-8-6-4-2)28-48-51(45,46)50-37-35(43)33(41)32(40)34(42)36(37)44/h29,32-37,40-44H,3-28H2,1-2H3,(H,45,46). The van der Waals surface area contributed by atoms with E-state index >= 15 is 0 Å². The zero-order valence-electron chi connectivity index (χ0n) is 31.4. The Kier molecular flexibility index (Phi) is 27.4. The molecule has 6 N–H and O–H groups in total. The van der Waals surface area contributed by atoms with Crippen molar-refractivity contribution in [3.05, 3.63) is 0 Å². The van der Waals surface area contributed by atoms with Gasteiger partial charge in [0.25, 0.3) is 0 Å². The lowest BCUT2D eigenvalue weighted by molar-refractivity contribution is -0.220. The van der Waals surface area contributed by atoms with E-state index in [1.807, 2.05) is 0 Å². The number of unbranched alkanes of at least 4 members (excludes halogenated alkanes) is 20. The largest absolute Gasteiger partial charge is 0.472 e. The number of ether oxygens (including phenoxy) is 2. The van der Waals surface area contributed by atoms with Gasteiger partial charge in [0.2, 0.25) is 0 Å². The Morgan fingerprint density at radius 1 is 0.529 bits per heavy atom. The molecule has 1 saturated carbocycles. The maximum absolute atomic E-state index is 12.7. The van der Waals surface area contributed by atoms with Gasteiger partial charge in [-0.1, -0.05) is 142 Å². The normalized spacial score (nSPS) is 23.8. The third-order valence-electron chi connectivity index (χ3n) is 9.45. The van der Waals surface area contributed by atoms with Gasteiger partial charge in [0.05, 0.1) is 6.61 Å². The van der Waals surface area contributed by atoms with Crippen LogP contribution in [0.4, 0.5) is 0 Å². The van der Waals surface area contributed by atoms with E-state index in [1.165, 1.54) is 89.9 Å². The van der Waals surface area contributed by atoms with E-state index in [-0.39, 0.29) is 12.8 Å². The molecule has 0 spiro atoms. The van der Waals surface area contributed by atoms with E-state index in [1.54, 1.807) is 0 Å². The van der Waals surface area contributed by atoms with Crippen LogP contribution in [0.5, 0.6) is 0 Å². The highest BCUT2D eigenvalue weighted by molar-refractivity contribution is 7.47. The van der Waals surface area contributed by atoms with E-state index < -0.39 is 75.7 Å². The number of phosphoric acid groups is 1. The number of hydrogen-bond donors (Lipinski definition) is 6. The molecule has 1 aliphatic rings. The number of rotatable bonds is 32. The number of carbonyl (C=O) groups excluding carboxylic acids is 2. The highest BCUT2D eigenvalue weighted by Gasteiger charge is 2.51. The Morgan fingerprint density at radius 3 is 1.29 bits per heavy atom. The zero-order chi connectivity index (χ0) is 37.9. The molecule has 6 atom stereocenters. The van der Waals surface area contributed by atoms with E-state index in [9.17, 15) is 44.6 Å². The summed E-state index contributed by atoms with van der Waals surface area (Å²) in [6.45, 7) is 3.25. The first-order valence-corrected chi connectivity index (χ1v) is 21.3. The maximum atomic E-state index is 12.7. The molecule has 0 saturated heterocycles. The molecule has 0 bridgehead atoms. The monoisotopic (exact) mass is 754 g/mol. The van der Waals surface area contributed by atoms with Crippen LogP contribution >= 0.6 is 7.82 Å². The molecule has 1 rings (SSSR count). The number of esters is 2. The van der Waals surface area contributed by atoms with Crippen molar-refractivity contribution in [2.45, 2.75) is 211 Å². The Hall–Kier alpha value is -1.15. The van der Waals surface area contributed by atoms with Crippen LogP contribution in [0.1, 0.15) is 168 Å². The summed E-state index contributed by atoms with van der Waals surface area (Å²) in [6.07, 6.45) is 11.9. The van der Waals surface area contributed by atoms with Crippen molar-refractivity contribution in [3.8, 4) is 0 Å². The molecule has 13 nitrogen and oxygen atoms in total. The molecule has 0 amide bonds. The molecule has 14 heteroatoms. The van der Waals surface area contributed by atoms with Crippen LogP contribution in [-0.4, -0.2) is 98.3 Å². The Morgan fingerprint density at radius 2 is 0.882 bits per heavy atom. The van der Waals surface area contributed by atoms with Gasteiger partial charge in [0.1, 0.15) is 43.2 Å². The van der Waals surface area contributed by atoms with Gasteiger partial charge in [-0.25, -0.2) is 4.57 Å². The molecule has 0 aliphatic heterocycles. The van der Waals surface area contributed by atoms with Crippen LogP contribution < -0.4 is 0 Å². The molecule has 6 unspecified atom stereocenters. The topological polar surface area (TPSA) is 210 Å². The number of phosphoric ester groups is 1. The molecular weight excluding hydrogens is 683 g/mol. The Labute approximate surface area is 306 Å². The SMILES string of the molecule is CCCCCCCCCCCCCCCC(=O)OC(COC(=O)CCCCCCCCCCC)COP(=O)(O)OC1C(O)C(O)C(O)C(O)C1O. The molecule has 0 aromatic heterocycles. The Bertz CT molecular complexity index is 922. The van der Waals surface area contributed by atoms with Crippen LogP contribution in [-0.2, 0) is 32.7 Å². The summed E-state index contributed by atoms with van der Waals surface area (Å²) in [7, 11) is -5.10. The van der Waals surface area contributed by atoms with Gasteiger partial charge in [0.15, 0.2) is 6.10 Å². The third-order valence-corrected chi connectivity index (χ3v) is 10.4. The maximum Gasteiger partial charge on any atom is 0.472 e. The van der Waals surface area contributed by atoms with Crippen LogP contribution in [0.3, 0.4) is 0 Å². The van der Waals surface area contributed by atoms with Crippen molar-refractivity contribution in [3.63, 3.8) is 0 Å². The molecule has 302 valence electrons. The van der Waals surface area contributed by atoms with Crippen LogP contribution in [0.15, 0.2) is 0 Å². The average Bonchev–Trinajstić information content (AvgIpc) is 3.10. The lowest BCUT2D eigenvalue weighted by atomic mass is 9.85. The second-order valence-electron chi connectivity index (χ2n) is 14.2. The quantitative estimate of drug-likeness (QED) is 0.0258. The van der Waals surface area contributed by atoms with E-state index in [4.69, 9.17) is 18.5 Å². The van der Waals surface area contributed by atoms with Crippen molar-refractivity contribution >= 4 is 19.8 Å². The number of carbonyl (C=O) groups is 2. The van der Waals surface area contributed by atoms with Gasteiger partial charge in [-0.15, -0.1) is 0 Å². The van der Waals surface area contributed by atoms with Gasteiger partial charge in [-0.05, 0) is 12.8 Å². The van der Waals surface area contributed by atoms with Gasteiger partial charge >= 0.3 is 19.8 Å². The lowest BCUT2D eigenvalue weighted by Crippen LogP contribution is -2.64. The van der Waals surface area contributed by atoms with Crippen LogP contribution in [0.2, 0.25) is 0 Å². The minimum Gasteiger partial charge on any atom is -0.462 e. The molecule has 51 heavy (non-hydrogen) atoms. The minimum atomic E-state index is -5.10. The summed E-state index contributed by atoms with van der Waals surface area (Å²) in [5, 5.41) is 49.9. The molecule has 1 aliphatic carbocycles. The molecular formula is C37H71O13P. The van der Waals surface area contributed by atoms with Crippen molar-refractivity contribution in [1.29, 1.82) is 0 Å². The molecule has 0 aromatic rings. The summed E-state index contributed by atoms with van der Waals surface area (Å²) in [5.41, 5.74) is 0.